The molecule has 44 heavy (non-hydrogen) atoms. The number of aromatic nitrogens is 1. The van der Waals surface area contributed by atoms with E-state index in [2.05, 4.69) is 27.5 Å². The summed E-state index contributed by atoms with van der Waals surface area (Å²) in [6, 6.07) is 13.5. The fourth-order valence-electron chi connectivity index (χ4n) is 5.94. The molecular weight excluding hydrogens is 554 g/mol. The van der Waals surface area contributed by atoms with E-state index in [1.165, 1.54) is 4.90 Å². The van der Waals surface area contributed by atoms with Crippen molar-refractivity contribution in [1.82, 2.24) is 25.8 Å². The van der Waals surface area contributed by atoms with Crippen LogP contribution in [-0.4, -0.2) is 64.2 Å². The molecule has 228 valence electrons. The molecule has 2 aliphatic heterocycles. The van der Waals surface area contributed by atoms with E-state index in [1.807, 2.05) is 85.9 Å². The normalized spacial score (nSPS) is 23.2. The van der Waals surface area contributed by atoms with Crippen molar-refractivity contribution >= 4 is 34.5 Å². The number of hydrogen-bond acceptors (Lipinski definition) is 4. The average Bonchev–Trinajstić information content (AvgIpc) is 3.68. The van der Waals surface area contributed by atoms with Gasteiger partial charge in [0.2, 0.25) is 23.6 Å². The van der Waals surface area contributed by atoms with Crippen LogP contribution in [0.3, 0.4) is 0 Å². The molecule has 3 heterocycles. The van der Waals surface area contributed by atoms with E-state index in [0.29, 0.717) is 25.0 Å². The van der Waals surface area contributed by atoms with E-state index in [0.717, 1.165) is 22.0 Å². The second-order valence-electron chi connectivity index (χ2n) is 11.4. The number of benzene rings is 2. The van der Waals surface area contributed by atoms with Crippen LogP contribution in [0.15, 0.2) is 97.3 Å². The van der Waals surface area contributed by atoms with Crippen LogP contribution in [0, 0.1) is 0 Å². The van der Waals surface area contributed by atoms with Gasteiger partial charge in [-0.25, -0.2) is 0 Å². The summed E-state index contributed by atoms with van der Waals surface area (Å²) < 4.78 is 0. The van der Waals surface area contributed by atoms with E-state index >= 15 is 0 Å². The lowest BCUT2D eigenvalue weighted by atomic mass is 9.99. The lowest BCUT2D eigenvalue weighted by Gasteiger charge is -2.32. The maximum absolute atomic E-state index is 14.0. The number of aromatic amines is 1. The Morgan fingerprint density at radius 1 is 0.864 bits per heavy atom. The van der Waals surface area contributed by atoms with Crippen molar-refractivity contribution in [2.24, 2.45) is 0 Å². The summed E-state index contributed by atoms with van der Waals surface area (Å²) in [6.07, 6.45) is 10.9. The zero-order chi connectivity index (χ0) is 31.1. The van der Waals surface area contributed by atoms with Crippen LogP contribution in [0.25, 0.3) is 10.9 Å². The lowest BCUT2D eigenvalue weighted by Crippen LogP contribution is -2.62. The summed E-state index contributed by atoms with van der Waals surface area (Å²) in [5, 5.41) is 9.70. The van der Waals surface area contributed by atoms with E-state index in [9.17, 15) is 19.2 Å². The van der Waals surface area contributed by atoms with E-state index in [-0.39, 0.29) is 31.1 Å². The first-order valence-electron chi connectivity index (χ1n) is 15.1. The highest BCUT2D eigenvalue weighted by Gasteiger charge is 2.40. The first kappa shape index (κ1) is 30.5. The molecule has 4 N–H and O–H groups in total. The molecule has 2 aromatic carbocycles. The third-order valence-electron chi connectivity index (χ3n) is 8.20. The van der Waals surface area contributed by atoms with Crippen molar-refractivity contribution in [2.45, 2.75) is 63.2 Å². The van der Waals surface area contributed by atoms with Crippen molar-refractivity contribution in [3.63, 3.8) is 0 Å². The molecule has 0 bridgehead atoms. The van der Waals surface area contributed by atoms with Crippen molar-refractivity contribution in [3.8, 4) is 0 Å². The van der Waals surface area contributed by atoms with Gasteiger partial charge in [-0.05, 0) is 37.0 Å². The van der Waals surface area contributed by atoms with Crippen LogP contribution in [0.2, 0.25) is 0 Å². The van der Waals surface area contributed by atoms with Gasteiger partial charge in [-0.1, -0.05) is 85.0 Å². The van der Waals surface area contributed by atoms with Crippen LogP contribution in [0.1, 0.15) is 37.3 Å². The number of nitrogens with zero attached hydrogens (tertiary/aromatic N) is 1. The molecule has 0 spiro atoms. The molecule has 9 heteroatoms. The van der Waals surface area contributed by atoms with Gasteiger partial charge in [0.15, 0.2) is 0 Å². The first-order valence-corrected chi connectivity index (χ1v) is 15.1. The van der Waals surface area contributed by atoms with Crippen molar-refractivity contribution in [3.05, 3.63) is 108 Å². The first-order chi connectivity index (χ1) is 21.3. The molecule has 2 fully saturated rings. The van der Waals surface area contributed by atoms with Gasteiger partial charge in [0.05, 0.1) is 0 Å². The predicted octanol–water partition coefficient (Wildman–Crippen LogP) is 3.49. The number of carbonyl (C=O) groups excluding carboxylic acids is 4. The maximum atomic E-state index is 14.0. The van der Waals surface area contributed by atoms with E-state index in [4.69, 9.17) is 0 Å². The van der Waals surface area contributed by atoms with Crippen LogP contribution >= 0.6 is 0 Å². The summed E-state index contributed by atoms with van der Waals surface area (Å²) in [4.78, 5) is 60.3. The van der Waals surface area contributed by atoms with Gasteiger partial charge in [0.1, 0.15) is 24.2 Å². The number of para-hydroxylation sites is 1. The summed E-state index contributed by atoms with van der Waals surface area (Å²) in [5.74, 6) is -1.66. The van der Waals surface area contributed by atoms with Gasteiger partial charge in [0, 0.05) is 42.9 Å². The number of fused-ring (bicyclic) bond motifs is 2. The minimum absolute atomic E-state index is 0.161. The minimum atomic E-state index is -1.01. The van der Waals surface area contributed by atoms with Crippen molar-refractivity contribution in [1.29, 1.82) is 0 Å². The van der Waals surface area contributed by atoms with Gasteiger partial charge < -0.3 is 25.8 Å². The Balaban J connectivity index is 1.50. The van der Waals surface area contributed by atoms with Crippen LogP contribution in [-0.2, 0) is 32.0 Å². The number of H-pyrrole nitrogens is 1. The zero-order valence-electron chi connectivity index (χ0n) is 24.9. The highest BCUT2D eigenvalue weighted by atomic mass is 16.2. The monoisotopic (exact) mass is 593 g/mol. The highest BCUT2D eigenvalue weighted by molar-refractivity contribution is 5.98. The minimum Gasteiger partial charge on any atom is -0.361 e. The van der Waals surface area contributed by atoms with Crippen molar-refractivity contribution in [2.75, 3.05) is 6.54 Å². The molecule has 4 unspecified atom stereocenters. The quantitative estimate of drug-likeness (QED) is 0.299. The molecule has 2 saturated heterocycles. The second-order valence-corrected chi connectivity index (χ2v) is 11.4. The Bertz CT molecular complexity index is 1590. The highest BCUT2D eigenvalue weighted by Crippen LogP contribution is 2.23. The number of amides is 4. The second kappa shape index (κ2) is 14.0. The van der Waals surface area contributed by atoms with Gasteiger partial charge in [-0.3, -0.25) is 19.2 Å². The molecule has 4 amide bonds. The number of rotatable bonds is 8. The topological polar surface area (TPSA) is 123 Å². The molecule has 0 radical (unpaired) electrons. The number of allylic oxidation sites excluding steroid dienone is 4. The number of nitrogens with one attached hydrogen (secondary N) is 4. The average molecular weight is 594 g/mol. The molecule has 3 aromatic rings. The largest absolute Gasteiger partial charge is 0.361 e. The summed E-state index contributed by atoms with van der Waals surface area (Å²) in [7, 11) is 0. The standard InChI is InChI=1S/C35H39N5O4/c1-3-4-6-12-23(2)19-30-35(44)40-18-11-17-31(40)34(43)38-28(20-24-13-7-5-8-14-24)32(41)37-29(33(42)39-30)21-25-22-36-27-16-10-9-15-26(25)27/h3-10,12-16,22,28-31,36H,2,11,17-21H2,1H3,(H,37,41)(H,38,43)(H,39,42). The van der Waals surface area contributed by atoms with E-state index < -0.39 is 36.0 Å². The van der Waals surface area contributed by atoms with Gasteiger partial charge in [-0.15, -0.1) is 0 Å². The third kappa shape index (κ3) is 7.16. The summed E-state index contributed by atoms with van der Waals surface area (Å²) in [5.41, 5.74) is 3.27. The molecule has 0 aliphatic carbocycles. The van der Waals surface area contributed by atoms with Crippen molar-refractivity contribution < 1.29 is 19.2 Å². The van der Waals surface area contributed by atoms with Gasteiger partial charge in [0.25, 0.3) is 0 Å². The number of hydrogen-bond donors (Lipinski definition) is 4. The number of carbonyl (C=O) groups is 4. The summed E-state index contributed by atoms with van der Waals surface area (Å²) >= 11 is 0. The van der Waals surface area contributed by atoms with Crippen LogP contribution < -0.4 is 16.0 Å². The Kier molecular flexibility index (Phi) is 9.74. The van der Waals surface area contributed by atoms with Crippen LogP contribution in [0.4, 0.5) is 0 Å². The Hall–Kier alpha value is -4.92. The zero-order valence-corrected chi connectivity index (χ0v) is 24.9. The fourth-order valence-corrected chi connectivity index (χ4v) is 5.94. The Morgan fingerprint density at radius 3 is 2.32 bits per heavy atom. The Labute approximate surface area is 257 Å². The molecule has 0 saturated carbocycles. The fraction of sp³-hybridized carbons (Fsp3) is 0.314. The molecule has 1 aromatic heterocycles. The molecule has 4 atom stereocenters. The Morgan fingerprint density at radius 2 is 1.55 bits per heavy atom. The maximum Gasteiger partial charge on any atom is 0.246 e. The lowest BCUT2D eigenvalue weighted by molar-refractivity contribution is -0.143. The molecule has 2 aliphatic rings. The smallest absolute Gasteiger partial charge is 0.246 e. The van der Waals surface area contributed by atoms with Gasteiger partial charge in [-0.2, -0.15) is 0 Å². The van der Waals surface area contributed by atoms with E-state index in [1.54, 1.807) is 6.08 Å². The third-order valence-corrected chi connectivity index (χ3v) is 8.20. The molecular formula is C35H39N5O4. The SMILES string of the molecule is C=C(C=CC=CC)CC1NC(=O)C(Cc2c[nH]c3ccccc23)NC(=O)C(Cc2ccccc2)NC(=O)C2CCCN2C1=O. The molecule has 9 nitrogen and oxygen atoms in total. The predicted molar refractivity (Wildman–Crippen MR) is 170 cm³/mol. The molecule has 5 rings (SSSR count). The van der Waals surface area contributed by atoms with Gasteiger partial charge >= 0.3 is 0 Å². The van der Waals surface area contributed by atoms with Crippen LogP contribution in [0.5, 0.6) is 0 Å². The summed E-state index contributed by atoms with van der Waals surface area (Å²) in [6.45, 7) is 6.38.